The molecule has 4 nitrogen and oxygen atoms in total. The minimum atomic E-state index is -3.85. The molecule has 0 aliphatic heterocycles. The van der Waals surface area contributed by atoms with Crippen molar-refractivity contribution in [3.63, 3.8) is 0 Å². The number of hydrogen-bond donors (Lipinski definition) is 1. The molecule has 0 fully saturated rings. The maximum atomic E-state index is 12.4. The van der Waals surface area contributed by atoms with E-state index >= 15 is 0 Å². The van der Waals surface area contributed by atoms with Crippen molar-refractivity contribution in [2.24, 2.45) is 0 Å². The highest BCUT2D eigenvalue weighted by molar-refractivity contribution is 9.10. The van der Waals surface area contributed by atoms with Gasteiger partial charge in [0.15, 0.2) is 0 Å². The average Bonchev–Trinajstić information content (AvgIpc) is 2.44. The van der Waals surface area contributed by atoms with Gasteiger partial charge in [0.2, 0.25) is 10.0 Å². The molecule has 1 N–H and O–H groups in total. The van der Waals surface area contributed by atoms with Gasteiger partial charge in [-0.25, -0.2) is 13.1 Å². The predicted octanol–water partition coefficient (Wildman–Crippen LogP) is 4.24. The highest BCUT2D eigenvalue weighted by Gasteiger charge is 2.22. The Morgan fingerprint density at radius 3 is 2.36 bits per heavy atom. The van der Waals surface area contributed by atoms with E-state index in [4.69, 9.17) is 27.9 Å². The smallest absolute Gasteiger partial charge is 0.243 e. The summed E-state index contributed by atoms with van der Waals surface area (Å²) in [5, 5.41) is 0.0961. The standard InChI is InChI=1S/C14H12BrCl2NO3S/c1-21-13-5-3-2-4-9(13)8-18-22(19,20)14-11(16)6-10(15)7-12(14)17/h2-7,18H,8H2,1H3. The van der Waals surface area contributed by atoms with Crippen LogP contribution in [0.25, 0.3) is 0 Å². The average molecular weight is 425 g/mol. The van der Waals surface area contributed by atoms with E-state index in [-0.39, 0.29) is 21.5 Å². The Morgan fingerprint density at radius 1 is 1.18 bits per heavy atom. The van der Waals surface area contributed by atoms with E-state index in [1.807, 2.05) is 0 Å². The molecule has 118 valence electrons. The molecule has 0 spiro atoms. The quantitative estimate of drug-likeness (QED) is 0.780. The fourth-order valence-electron chi connectivity index (χ4n) is 1.88. The van der Waals surface area contributed by atoms with Crippen molar-refractivity contribution in [3.8, 4) is 5.75 Å². The van der Waals surface area contributed by atoms with Gasteiger partial charge in [0.1, 0.15) is 10.6 Å². The third kappa shape index (κ3) is 3.94. The number of nitrogens with one attached hydrogen (secondary N) is 1. The molecule has 0 unspecified atom stereocenters. The second-order valence-electron chi connectivity index (χ2n) is 4.33. The van der Waals surface area contributed by atoms with Crippen LogP contribution in [0.5, 0.6) is 5.75 Å². The molecule has 2 aromatic rings. The van der Waals surface area contributed by atoms with E-state index in [1.54, 1.807) is 24.3 Å². The summed E-state index contributed by atoms with van der Waals surface area (Å²) in [6, 6.07) is 10.1. The molecule has 0 heterocycles. The van der Waals surface area contributed by atoms with Gasteiger partial charge in [-0.05, 0) is 18.2 Å². The van der Waals surface area contributed by atoms with Gasteiger partial charge in [-0.1, -0.05) is 57.3 Å². The Morgan fingerprint density at radius 2 is 1.77 bits per heavy atom. The fourth-order valence-corrected chi connectivity index (χ4v) is 4.82. The van der Waals surface area contributed by atoms with Gasteiger partial charge in [-0.15, -0.1) is 0 Å². The molecular formula is C14H12BrCl2NO3S. The van der Waals surface area contributed by atoms with Crippen LogP contribution in [0.3, 0.4) is 0 Å². The number of para-hydroxylation sites is 1. The van der Waals surface area contributed by atoms with Gasteiger partial charge >= 0.3 is 0 Å². The van der Waals surface area contributed by atoms with Crippen LogP contribution in [-0.4, -0.2) is 15.5 Å². The second-order valence-corrected chi connectivity index (χ2v) is 7.77. The Bertz CT molecular complexity index is 773. The summed E-state index contributed by atoms with van der Waals surface area (Å²) in [6.45, 7) is 0.0646. The van der Waals surface area contributed by atoms with Crippen LogP contribution < -0.4 is 9.46 Å². The van der Waals surface area contributed by atoms with Crippen molar-refractivity contribution in [3.05, 3.63) is 56.5 Å². The second kappa shape index (κ2) is 7.19. The zero-order valence-corrected chi connectivity index (χ0v) is 15.4. The maximum absolute atomic E-state index is 12.4. The van der Waals surface area contributed by atoms with E-state index in [2.05, 4.69) is 20.7 Å². The third-order valence-corrected chi connectivity index (χ3v) is 5.66. The lowest BCUT2D eigenvalue weighted by Gasteiger charge is -2.12. The van der Waals surface area contributed by atoms with Gasteiger partial charge in [0.25, 0.3) is 0 Å². The van der Waals surface area contributed by atoms with Crippen LogP contribution >= 0.6 is 39.1 Å². The fraction of sp³-hybridized carbons (Fsp3) is 0.143. The summed E-state index contributed by atoms with van der Waals surface area (Å²) in [6.07, 6.45) is 0. The van der Waals surface area contributed by atoms with Crippen LogP contribution in [0.4, 0.5) is 0 Å². The van der Waals surface area contributed by atoms with Gasteiger partial charge in [0.05, 0.1) is 17.2 Å². The third-order valence-electron chi connectivity index (χ3n) is 2.88. The highest BCUT2D eigenvalue weighted by atomic mass is 79.9. The number of ether oxygens (including phenoxy) is 1. The molecular weight excluding hydrogens is 413 g/mol. The molecule has 0 radical (unpaired) electrons. The first kappa shape index (κ1) is 17.6. The highest BCUT2D eigenvalue weighted by Crippen LogP contribution is 2.33. The molecule has 0 amide bonds. The van der Waals surface area contributed by atoms with E-state index in [0.29, 0.717) is 15.8 Å². The lowest BCUT2D eigenvalue weighted by Crippen LogP contribution is -2.24. The number of halogens is 3. The van der Waals surface area contributed by atoms with Crippen LogP contribution in [0, 0.1) is 0 Å². The Balaban J connectivity index is 2.29. The van der Waals surface area contributed by atoms with E-state index in [9.17, 15) is 8.42 Å². The first-order chi connectivity index (χ1) is 10.3. The largest absolute Gasteiger partial charge is 0.496 e. The van der Waals surface area contributed by atoms with Gasteiger partial charge in [-0.2, -0.15) is 0 Å². The summed E-state index contributed by atoms with van der Waals surface area (Å²) in [5.41, 5.74) is 0.706. The number of sulfonamides is 1. The number of rotatable bonds is 5. The van der Waals surface area contributed by atoms with Crippen molar-refractivity contribution >= 4 is 49.2 Å². The number of methoxy groups -OCH3 is 1. The van der Waals surface area contributed by atoms with Crippen molar-refractivity contribution in [2.75, 3.05) is 7.11 Å². The molecule has 0 saturated heterocycles. The molecule has 0 aliphatic rings. The lowest BCUT2D eigenvalue weighted by molar-refractivity contribution is 0.409. The molecule has 0 saturated carbocycles. The van der Waals surface area contributed by atoms with E-state index < -0.39 is 10.0 Å². The number of benzene rings is 2. The summed E-state index contributed by atoms with van der Waals surface area (Å²) >= 11 is 15.2. The normalized spacial score (nSPS) is 11.5. The maximum Gasteiger partial charge on any atom is 0.243 e. The lowest BCUT2D eigenvalue weighted by atomic mass is 10.2. The molecule has 8 heteroatoms. The Hall–Kier alpha value is -0.790. The zero-order chi connectivity index (χ0) is 16.3. The first-order valence-corrected chi connectivity index (χ1v) is 9.14. The monoisotopic (exact) mass is 423 g/mol. The predicted molar refractivity (Wildman–Crippen MR) is 91.2 cm³/mol. The Labute approximate surface area is 147 Å². The molecule has 0 aromatic heterocycles. The summed E-state index contributed by atoms with van der Waals surface area (Å²) in [4.78, 5) is -0.145. The summed E-state index contributed by atoms with van der Waals surface area (Å²) < 4.78 is 33.1. The van der Waals surface area contributed by atoms with E-state index in [0.717, 1.165) is 0 Å². The van der Waals surface area contributed by atoms with Crippen molar-refractivity contribution < 1.29 is 13.2 Å². The summed E-state index contributed by atoms with van der Waals surface area (Å²) in [5.74, 6) is 0.596. The SMILES string of the molecule is COc1ccccc1CNS(=O)(=O)c1c(Cl)cc(Br)cc1Cl. The minimum absolute atomic E-state index is 0.0481. The van der Waals surface area contributed by atoms with Gasteiger partial charge in [0, 0.05) is 16.6 Å². The van der Waals surface area contributed by atoms with Gasteiger partial charge < -0.3 is 4.74 Å². The van der Waals surface area contributed by atoms with Crippen molar-refractivity contribution in [1.29, 1.82) is 0 Å². The Kier molecular flexibility index (Phi) is 5.74. The van der Waals surface area contributed by atoms with Crippen LogP contribution in [-0.2, 0) is 16.6 Å². The molecule has 22 heavy (non-hydrogen) atoms. The minimum Gasteiger partial charge on any atom is -0.496 e. The number of hydrogen-bond acceptors (Lipinski definition) is 3. The van der Waals surface area contributed by atoms with E-state index in [1.165, 1.54) is 19.2 Å². The van der Waals surface area contributed by atoms with Crippen molar-refractivity contribution in [2.45, 2.75) is 11.4 Å². The molecule has 0 bridgehead atoms. The van der Waals surface area contributed by atoms with Crippen LogP contribution in [0.2, 0.25) is 10.0 Å². The molecule has 0 atom stereocenters. The van der Waals surface area contributed by atoms with Gasteiger partial charge in [-0.3, -0.25) is 0 Å². The first-order valence-electron chi connectivity index (χ1n) is 6.11. The molecule has 2 aromatic carbocycles. The summed E-state index contributed by atoms with van der Waals surface area (Å²) in [7, 11) is -2.33. The van der Waals surface area contributed by atoms with Crippen molar-refractivity contribution in [1.82, 2.24) is 4.72 Å². The van der Waals surface area contributed by atoms with Crippen LogP contribution in [0.1, 0.15) is 5.56 Å². The molecule has 2 rings (SSSR count). The zero-order valence-electron chi connectivity index (χ0n) is 11.4. The molecule has 0 aliphatic carbocycles. The topological polar surface area (TPSA) is 55.4 Å². The van der Waals surface area contributed by atoms with Crippen LogP contribution in [0.15, 0.2) is 45.8 Å².